The molecule has 4 bridgehead atoms. The van der Waals surface area contributed by atoms with E-state index in [4.69, 9.17) is 16.0 Å². The molecule has 2 aromatic heterocycles. The molecule has 2 heterocycles. The van der Waals surface area contributed by atoms with Gasteiger partial charge in [-0.1, -0.05) is 0 Å². The standard InChI is InChI=1S/C15H18ClN5O/c1-9-18-19-12(22-9)14-3-10-2-11(4-14)6-15(5-10,7-14)21-8-17-13(16)20-21/h8,10-11H,2-7H2,1H3. The molecule has 6 rings (SSSR count). The molecule has 22 heavy (non-hydrogen) atoms. The van der Waals surface area contributed by atoms with Crippen LogP contribution in [-0.4, -0.2) is 25.0 Å². The number of rotatable bonds is 2. The number of hydrogen-bond donors (Lipinski definition) is 0. The average Bonchev–Trinajstić information content (AvgIpc) is 3.07. The van der Waals surface area contributed by atoms with Crippen LogP contribution in [0.2, 0.25) is 5.28 Å². The van der Waals surface area contributed by atoms with Crippen molar-refractivity contribution in [2.75, 3.05) is 0 Å². The molecule has 0 radical (unpaired) electrons. The van der Waals surface area contributed by atoms with E-state index in [1.165, 1.54) is 6.42 Å². The van der Waals surface area contributed by atoms with E-state index in [0.29, 0.717) is 23.0 Å². The number of aryl methyl sites for hydroxylation is 1. The average molecular weight is 320 g/mol. The molecular formula is C15H18ClN5O. The van der Waals surface area contributed by atoms with Gasteiger partial charge in [0, 0.05) is 6.92 Å². The van der Waals surface area contributed by atoms with E-state index in [1.54, 1.807) is 6.33 Å². The second kappa shape index (κ2) is 4.10. The van der Waals surface area contributed by atoms with Crippen LogP contribution in [0.1, 0.15) is 50.3 Å². The van der Waals surface area contributed by atoms with E-state index in [0.717, 1.165) is 38.0 Å². The Kier molecular flexibility index (Phi) is 2.43. The van der Waals surface area contributed by atoms with Gasteiger partial charge >= 0.3 is 0 Å². The van der Waals surface area contributed by atoms with Crippen molar-refractivity contribution < 1.29 is 4.42 Å². The zero-order valence-corrected chi connectivity index (χ0v) is 13.3. The highest BCUT2D eigenvalue weighted by Crippen LogP contribution is 2.64. The second-order valence-electron chi connectivity index (χ2n) is 7.55. The van der Waals surface area contributed by atoms with Crippen LogP contribution in [0.3, 0.4) is 0 Å². The maximum absolute atomic E-state index is 5.97. The second-order valence-corrected chi connectivity index (χ2v) is 7.89. The molecule has 6 nitrogen and oxygen atoms in total. The summed E-state index contributed by atoms with van der Waals surface area (Å²) in [4.78, 5) is 4.14. The molecule has 0 aliphatic heterocycles. The van der Waals surface area contributed by atoms with Gasteiger partial charge in [-0.3, -0.25) is 0 Å². The molecule has 4 aliphatic rings. The zero-order chi connectivity index (χ0) is 14.9. The Bertz CT molecular complexity index is 666. The van der Waals surface area contributed by atoms with E-state index >= 15 is 0 Å². The molecule has 4 fully saturated rings. The quantitative estimate of drug-likeness (QED) is 0.851. The molecular weight excluding hydrogens is 302 g/mol. The predicted molar refractivity (Wildman–Crippen MR) is 78.4 cm³/mol. The van der Waals surface area contributed by atoms with Crippen molar-refractivity contribution in [1.82, 2.24) is 25.0 Å². The molecule has 4 saturated carbocycles. The maximum Gasteiger partial charge on any atom is 0.242 e. The lowest BCUT2D eigenvalue weighted by Crippen LogP contribution is -2.58. The Hall–Kier alpha value is -1.43. The first-order chi connectivity index (χ1) is 10.6. The monoisotopic (exact) mass is 319 g/mol. The summed E-state index contributed by atoms with van der Waals surface area (Å²) in [6.07, 6.45) is 8.77. The smallest absolute Gasteiger partial charge is 0.242 e. The highest BCUT2D eigenvalue weighted by molar-refractivity contribution is 6.28. The highest BCUT2D eigenvalue weighted by atomic mass is 35.5. The molecule has 2 unspecified atom stereocenters. The molecule has 4 aliphatic carbocycles. The summed E-state index contributed by atoms with van der Waals surface area (Å²) in [6.45, 7) is 1.87. The van der Waals surface area contributed by atoms with Gasteiger partial charge in [-0.2, -0.15) is 0 Å². The fourth-order valence-corrected chi connectivity index (χ4v) is 5.84. The predicted octanol–water partition coefficient (Wildman–Crippen LogP) is 2.87. The Balaban J connectivity index is 1.62. The Labute approximate surface area is 133 Å². The van der Waals surface area contributed by atoms with E-state index in [-0.39, 0.29) is 11.0 Å². The Morgan fingerprint density at radius 2 is 2.00 bits per heavy atom. The van der Waals surface area contributed by atoms with Gasteiger partial charge in [0.1, 0.15) is 6.33 Å². The van der Waals surface area contributed by atoms with Gasteiger partial charge in [-0.15, -0.1) is 15.3 Å². The first-order valence-corrected chi connectivity index (χ1v) is 8.33. The van der Waals surface area contributed by atoms with E-state index < -0.39 is 0 Å². The van der Waals surface area contributed by atoms with Crippen molar-refractivity contribution in [3.63, 3.8) is 0 Å². The minimum absolute atomic E-state index is 0.0176. The van der Waals surface area contributed by atoms with Crippen molar-refractivity contribution in [2.45, 2.75) is 56.4 Å². The van der Waals surface area contributed by atoms with Crippen LogP contribution < -0.4 is 0 Å². The van der Waals surface area contributed by atoms with Crippen LogP contribution in [0.15, 0.2) is 10.7 Å². The zero-order valence-electron chi connectivity index (χ0n) is 12.5. The van der Waals surface area contributed by atoms with Crippen LogP contribution in [-0.2, 0) is 11.0 Å². The lowest BCUT2D eigenvalue weighted by molar-refractivity contribution is -0.0775. The molecule has 0 amide bonds. The molecule has 2 aromatic rings. The summed E-state index contributed by atoms with van der Waals surface area (Å²) in [5.74, 6) is 2.89. The Morgan fingerprint density at radius 3 is 2.59 bits per heavy atom. The van der Waals surface area contributed by atoms with Crippen molar-refractivity contribution in [2.24, 2.45) is 11.8 Å². The molecule has 0 aromatic carbocycles. The minimum atomic E-state index is 0.0176. The third-order valence-electron chi connectivity index (χ3n) is 5.96. The number of halogens is 1. The SMILES string of the molecule is Cc1nnc(C23CC4CC(C2)CC(n2cnc(Cl)n2)(C4)C3)o1. The Morgan fingerprint density at radius 1 is 1.23 bits per heavy atom. The van der Waals surface area contributed by atoms with Gasteiger partial charge < -0.3 is 4.42 Å². The molecule has 7 heteroatoms. The van der Waals surface area contributed by atoms with Crippen molar-refractivity contribution in [1.29, 1.82) is 0 Å². The summed E-state index contributed by atoms with van der Waals surface area (Å²) in [6, 6.07) is 0. The van der Waals surface area contributed by atoms with E-state index in [1.807, 2.05) is 11.6 Å². The largest absolute Gasteiger partial charge is 0.425 e. The molecule has 116 valence electrons. The van der Waals surface area contributed by atoms with Crippen LogP contribution >= 0.6 is 11.6 Å². The van der Waals surface area contributed by atoms with Gasteiger partial charge in [-0.25, -0.2) is 9.67 Å². The fraction of sp³-hybridized carbons (Fsp3) is 0.733. The molecule has 0 N–H and O–H groups in total. The molecule has 2 atom stereocenters. The lowest BCUT2D eigenvalue weighted by Gasteiger charge is -2.60. The van der Waals surface area contributed by atoms with Gasteiger partial charge in [0.25, 0.3) is 0 Å². The summed E-state index contributed by atoms with van der Waals surface area (Å²) in [7, 11) is 0. The van der Waals surface area contributed by atoms with Gasteiger partial charge in [-0.05, 0) is 62.0 Å². The summed E-state index contributed by atoms with van der Waals surface area (Å²) in [5.41, 5.74) is 0.0381. The van der Waals surface area contributed by atoms with Crippen LogP contribution in [0, 0.1) is 18.8 Å². The third kappa shape index (κ3) is 1.67. The molecule has 0 saturated heterocycles. The van der Waals surface area contributed by atoms with E-state index in [2.05, 4.69) is 20.3 Å². The first kappa shape index (κ1) is 13.0. The third-order valence-corrected chi connectivity index (χ3v) is 6.13. The first-order valence-electron chi connectivity index (χ1n) is 7.95. The topological polar surface area (TPSA) is 69.6 Å². The fourth-order valence-electron chi connectivity index (χ4n) is 5.71. The lowest BCUT2D eigenvalue weighted by atomic mass is 9.47. The van der Waals surface area contributed by atoms with Gasteiger partial charge in [0.15, 0.2) is 0 Å². The number of hydrogen-bond acceptors (Lipinski definition) is 5. The maximum atomic E-state index is 5.97. The summed E-state index contributed by atoms with van der Waals surface area (Å²) >= 11 is 5.97. The van der Waals surface area contributed by atoms with Crippen LogP contribution in [0.5, 0.6) is 0 Å². The van der Waals surface area contributed by atoms with Crippen molar-refractivity contribution >= 4 is 11.6 Å². The van der Waals surface area contributed by atoms with E-state index in [9.17, 15) is 0 Å². The van der Waals surface area contributed by atoms with Crippen LogP contribution in [0.4, 0.5) is 0 Å². The molecule has 0 spiro atoms. The minimum Gasteiger partial charge on any atom is -0.425 e. The number of aromatic nitrogens is 5. The summed E-state index contributed by atoms with van der Waals surface area (Å²) in [5, 5.41) is 13.2. The van der Waals surface area contributed by atoms with Crippen LogP contribution in [0.25, 0.3) is 0 Å². The summed E-state index contributed by atoms with van der Waals surface area (Å²) < 4.78 is 7.88. The number of nitrogens with zero attached hydrogens (tertiary/aromatic N) is 5. The highest BCUT2D eigenvalue weighted by Gasteiger charge is 2.61. The van der Waals surface area contributed by atoms with Gasteiger partial charge in [0.2, 0.25) is 17.1 Å². The normalized spacial score (nSPS) is 39.5. The van der Waals surface area contributed by atoms with Crippen molar-refractivity contribution in [3.8, 4) is 0 Å². The van der Waals surface area contributed by atoms with Gasteiger partial charge in [0.05, 0.1) is 11.0 Å². The van der Waals surface area contributed by atoms with Crippen molar-refractivity contribution in [3.05, 3.63) is 23.4 Å².